The molecular weight excluding hydrogens is 261 g/mol. The molecule has 0 radical (unpaired) electrons. The highest BCUT2D eigenvalue weighted by atomic mass is 19.4. The smallest absolute Gasteiger partial charge is 0.405 e. The van der Waals surface area contributed by atoms with Crippen molar-refractivity contribution in [2.24, 2.45) is 0 Å². The number of amides is 1. The lowest BCUT2D eigenvalue weighted by atomic mass is 10.0. The van der Waals surface area contributed by atoms with Crippen molar-refractivity contribution in [3.63, 3.8) is 0 Å². The molecule has 0 saturated carbocycles. The Morgan fingerprint density at radius 2 is 2.16 bits per heavy atom. The van der Waals surface area contributed by atoms with E-state index in [1.54, 1.807) is 11.0 Å². The zero-order valence-electron chi connectivity index (χ0n) is 9.83. The molecule has 1 unspecified atom stereocenters. The summed E-state index contributed by atoms with van der Waals surface area (Å²) < 4.78 is 41.0. The molecule has 0 bridgehead atoms. The molecule has 3 rings (SSSR count). The quantitative estimate of drug-likeness (QED) is 0.845. The first-order valence-corrected chi connectivity index (χ1v) is 5.88. The minimum Gasteiger partial charge on any atom is -0.405 e. The van der Waals surface area contributed by atoms with Crippen molar-refractivity contribution in [1.29, 1.82) is 0 Å². The molecule has 2 heterocycles. The third-order valence-electron chi connectivity index (χ3n) is 3.36. The van der Waals surface area contributed by atoms with Crippen LogP contribution in [-0.2, 0) is 0 Å². The summed E-state index contributed by atoms with van der Waals surface area (Å²) in [5, 5.41) is 3.13. The van der Waals surface area contributed by atoms with Crippen LogP contribution in [0.3, 0.4) is 0 Å². The standard InChI is InChI=1S/C12H11F3N2O2/c13-12(14,15)19-9-3-1-2-7-8-6-16-4-5-17(8)11(18)10(7)9/h1-3,8,16H,4-6H2. The number of alkyl halides is 3. The van der Waals surface area contributed by atoms with E-state index in [9.17, 15) is 18.0 Å². The van der Waals surface area contributed by atoms with Gasteiger partial charge in [0.05, 0.1) is 11.6 Å². The number of ether oxygens (including phenoxy) is 1. The largest absolute Gasteiger partial charge is 0.573 e. The van der Waals surface area contributed by atoms with E-state index in [0.29, 0.717) is 25.2 Å². The van der Waals surface area contributed by atoms with Crippen LogP contribution in [0.25, 0.3) is 0 Å². The molecular formula is C12H11F3N2O2. The van der Waals surface area contributed by atoms with E-state index in [0.717, 1.165) is 0 Å². The Bertz CT molecular complexity index is 530. The number of nitrogens with one attached hydrogen (secondary N) is 1. The number of nitrogens with zero attached hydrogens (tertiary/aromatic N) is 1. The Labute approximate surface area is 107 Å². The number of hydrogen-bond donors (Lipinski definition) is 1. The van der Waals surface area contributed by atoms with E-state index in [2.05, 4.69) is 10.1 Å². The fourth-order valence-electron chi connectivity index (χ4n) is 2.63. The van der Waals surface area contributed by atoms with Gasteiger partial charge in [0.1, 0.15) is 5.75 Å². The fraction of sp³-hybridized carbons (Fsp3) is 0.417. The predicted molar refractivity (Wildman–Crippen MR) is 59.8 cm³/mol. The average Bonchev–Trinajstić information content (AvgIpc) is 2.63. The van der Waals surface area contributed by atoms with Crippen molar-refractivity contribution < 1.29 is 22.7 Å². The summed E-state index contributed by atoms with van der Waals surface area (Å²) in [4.78, 5) is 13.8. The topological polar surface area (TPSA) is 41.6 Å². The third-order valence-corrected chi connectivity index (χ3v) is 3.36. The molecule has 2 aliphatic heterocycles. The summed E-state index contributed by atoms with van der Waals surface area (Å²) in [6, 6.07) is 4.13. The van der Waals surface area contributed by atoms with Gasteiger partial charge >= 0.3 is 6.36 Å². The molecule has 102 valence electrons. The van der Waals surface area contributed by atoms with Gasteiger partial charge in [0.2, 0.25) is 0 Å². The Balaban J connectivity index is 2.04. The summed E-state index contributed by atoms with van der Waals surface area (Å²) >= 11 is 0. The maximum absolute atomic E-state index is 12.3. The summed E-state index contributed by atoms with van der Waals surface area (Å²) in [6.45, 7) is 1.68. The summed E-state index contributed by atoms with van der Waals surface area (Å²) in [7, 11) is 0. The summed E-state index contributed by atoms with van der Waals surface area (Å²) in [6.07, 6.45) is -4.79. The van der Waals surface area contributed by atoms with Gasteiger partial charge in [0, 0.05) is 19.6 Å². The Hall–Kier alpha value is -1.76. The molecule has 1 atom stereocenters. The van der Waals surface area contributed by atoms with Gasteiger partial charge in [-0.3, -0.25) is 4.79 Å². The molecule has 1 aromatic carbocycles. The number of fused-ring (bicyclic) bond motifs is 3. The first-order chi connectivity index (χ1) is 8.97. The van der Waals surface area contributed by atoms with Gasteiger partial charge in [-0.05, 0) is 11.6 Å². The van der Waals surface area contributed by atoms with Crippen LogP contribution in [0, 0.1) is 0 Å². The molecule has 0 spiro atoms. The van der Waals surface area contributed by atoms with Gasteiger partial charge in [-0.25, -0.2) is 0 Å². The van der Waals surface area contributed by atoms with Crippen LogP contribution in [-0.4, -0.2) is 36.8 Å². The normalized spacial score (nSPS) is 22.2. The van der Waals surface area contributed by atoms with Crippen molar-refractivity contribution in [3.05, 3.63) is 29.3 Å². The number of carbonyl (C=O) groups is 1. The molecule has 1 amide bonds. The second kappa shape index (κ2) is 4.12. The van der Waals surface area contributed by atoms with E-state index in [1.807, 2.05) is 0 Å². The molecule has 19 heavy (non-hydrogen) atoms. The summed E-state index contributed by atoms with van der Waals surface area (Å²) in [5.74, 6) is -0.800. The molecule has 1 fully saturated rings. The number of benzene rings is 1. The van der Waals surface area contributed by atoms with E-state index >= 15 is 0 Å². The monoisotopic (exact) mass is 272 g/mol. The van der Waals surface area contributed by atoms with Crippen LogP contribution in [0.2, 0.25) is 0 Å². The highest BCUT2D eigenvalue weighted by Gasteiger charge is 2.42. The van der Waals surface area contributed by atoms with Crippen molar-refractivity contribution in [2.75, 3.05) is 19.6 Å². The first-order valence-electron chi connectivity index (χ1n) is 5.88. The van der Waals surface area contributed by atoms with Gasteiger partial charge in [-0.1, -0.05) is 12.1 Å². The molecule has 1 saturated heterocycles. The van der Waals surface area contributed by atoms with Crippen LogP contribution in [0.1, 0.15) is 22.0 Å². The number of rotatable bonds is 1. The van der Waals surface area contributed by atoms with Crippen molar-refractivity contribution >= 4 is 5.91 Å². The Morgan fingerprint density at radius 1 is 1.37 bits per heavy atom. The minimum absolute atomic E-state index is 0.0357. The lowest BCUT2D eigenvalue weighted by Gasteiger charge is -2.30. The van der Waals surface area contributed by atoms with Crippen molar-refractivity contribution in [1.82, 2.24) is 10.2 Å². The van der Waals surface area contributed by atoms with Gasteiger partial charge in [0.25, 0.3) is 5.91 Å². The maximum atomic E-state index is 12.3. The van der Waals surface area contributed by atoms with Gasteiger partial charge < -0.3 is 15.0 Å². The van der Waals surface area contributed by atoms with E-state index in [4.69, 9.17) is 0 Å². The van der Waals surface area contributed by atoms with Crippen molar-refractivity contribution in [2.45, 2.75) is 12.4 Å². The molecule has 7 heteroatoms. The lowest BCUT2D eigenvalue weighted by molar-refractivity contribution is -0.274. The van der Waals surface area contributed by atoms with Crippen LogP contribution < -0.4 is 10.1 Å². The average molecular weight is 272 g/mol. The lowest BCUT2D eigenvalue weighted by Crippen LogP contribution is -2.44. The third kappa shape index (κ3) is 2.03. The molecule has 0 aromatic heterocycles. The van der Waals surface area contributed by atoms with E-state index in [-0.39, 0.29) is 17.5 Å². The first kappa shape index (κ1) is 12.3. The highest BCUT2D eigenvalue weighted by Crippen LogP contribution is 2.40. The van der Waals surface area contributed by atoms with E-state index < -0.39 is 12.1 Å². The SMILES string of the molecule is O=C1c2c(OC(F)(F)F)cccc2C2CNCCN12. The van der Waals surface area contributed by atoms with Crippen LogP contribution in [0.4, 0.5) is 13.2 Å². The van der Waals surface area contributed by atoms with Gasteiger partial charge in [-0.2, -0.15) is 0 Å². The van der Waals surface area contributed by atoms with Crippen molar-refractivity contribution in [3.8, 4) is 5.75 Å². The summed E-state index contributed by atoms with van der Waals surface area (Å²) in [5.41, 5.74) is 0.632. The van der Waals surface area contributed by atoms with Crippen LogP contribution in [0.15, 0.2) is 18.2 Å². The number of piperazine rings is 1. The minimum atomic E-state index is -4.79. The number of carbonyl (C=O) groups excluding carboxylic acids is 1. The molecule has 2 aliphatic rings. The van der Waals surface area contributed by atoms with Gasteiger partial charge in [0.15, 0.2) is 0 Å². The maximum Gasteiger partial charge on any atom is 0.573 e. The van der Waals surface area contributed by atoms with E-state index in [1.165, 1.54) is 12.1 Å². The Kier molecular flexibility index (Phi) is 2.67. The van der Waals surface area contributed by atoms with Crippen LogP contribution in [0.5, 0.6) is 5.75 Å². The zero-order valence-corrected chi connectivity index (χ0v) is 9.83. The molecule has 0 aliphatic carbocycles. The Morgan fingerprint density at radius 3 is 2.89 bits per heavy atom. The molecule has 1 N–H and O–H groups in total. The zero-order chi connectivity index (χ0) is 13.6. The van der Waals surface area contributed by atoms with Gasteiger partial charge in [-0.15, -0.1) is 13.2 Å². The second-order valence-electron chi connectivity index (χ2n) is 4.49. The van der Waals surface area contributed by atoms with Crippen LogP contribution >= 0.6 is 0 Å². The molecule has 1 aromatic rings. The predicted octanol–water partition coefficient (Wildman–Crippen LogP) is 1.69. The number of hydrogen-bond acceptors (Lipinski definition) is 3. The number of halogens is 3. The highest BCUT2D eigenvalue weighted by molar-refractivity contribution is 6.02. The second-order valence-corrected chi connectivity index (χ2v) is 4.49. The fourth-order valence-corrected chi connectivity index (χ4v) is 2.63. The molecule has 4 nitrogen and oxygen atoms in total.